The fraction of sp³-hybridized carbons (Fsp3) is 0.857. The fourth-order valence-electron chi connectivity index (χ4n) is 2.87. The van der Waals surface area contributed by atoms with Gasteiger partial charge in [0.25, 0.3) is 0 Å². The van der Waals surface area contributed by atoms with Gasteiger partial charge in [-0.05, 0) is 32.2 Å². The number of nitrogens with one attached hydrogen (secondary N) is 4. The van der Waals surface area contributed by atoms with Crippen molar-refractivity contribution in [1.29, 1.82) is 0 Å². The molecular formula is C14H27ClN4O2. The van der Waals surface area contributed by atoms with Crippen molar-refractivity contribution >= 4 is 24.3 Å². The number of rotatable bonds is 5. The summed E-state index contributed by atoms with van der Waals surface area (Å²) >= 11 is 0. The van der Waals surface area contributed by atoms with Gasteiger partial charge >= 0.3 is 6.03 Å². The van der Waals surface area contributed by atoms with E-state index in [2.05, 4.69) is 21.3 Å². The summed E-state index contributed by atoms with van der Waals surface area (Å²) in [6.07, 6.45) is 8.00. The summed E-state index contributed by atoms with van der Waals surface area (Å²) < 4.78 is 0. The van der Waals surface area contributed by atoms with Crippen LogP contribution in [0.15, 0.2) is 0 Å². The highest BCUT2D eigenvalue weighted by molar-refractivity contribution is 5.85. The standard InChI is InChI=1S/C14H26N4O2.ClH/c19-13(16-9-12-7-4-8-15-12)10-17-14(20)18-11-5-2-1-3-6-11;/h11-12,15H,1-10H2,(H,16,19)(H2,17,18,20);1H. The van der Waals surface area contributed by atoms with Gasteiger partial charge in [0, 0.05) is 18.6 Å². The van der Waals surface area contributed by atoms with Crippen molar-refractivity contribution in [3.05, 3.63) is 0 Å². The molecule has 1 heterocycles. The van der Waals surface area contributed by atoms with Crippen LogP contribution >= 0.6 is 12.4 Å². The van der Waals surface area contributed by atoms with Gasteiger partial charge < -0.3 is 21.3 Å². The molecule has 1 aliphatic carbocycles. The van der Waals surface area contributed by atoms with Crippen molar-refractivity contribution < 1.29 is 9.59 Å². The highest BCUT2D eigenvalue weighted by atomic mass is 35.5. The third-order valence-electron chi connectivity index (χ3n) is 4.06. The van der Waals surface area contributed by atoms with Crippen molar-refractivity contribution in [2.75, 3.05) is 19.6 Å². The number of urea groups is 1. The molecule has 0 radical (unpaired) electrons. The molecule has 0 aromatic rings. The van der Waals surface area contributed by atoms with E-state index in [0.717, 1.165) is 25.8 Å². The molecule has 1 saturated heterocycles. The van der Waals surface area contributed by atoms with Gasteiger partial charge in [-0.3, -0.25) is 4.79 Å². The molecule has 0 bridgehead atoms. The van der Waals surface area contributed by atoms with E-state index in [1.54, 1.807) is 0 Å². The maximum atomic E-state index is 11.7. The van der Waals surface area contributed by atoms with Gasteiger partial charge in [-0.2, -0.15) is 0 Å². The second kappa shape index (κ2) is 9.84. The smallest absolute Gasteiger partial charge is 0.315 e. The van der Waals surface area contributed by atoms with Gasteiger partial charge in [0.2, 0.25) is 5.91 Å². The lowest BCUT2D eigenvalue weighted by Crippen LogP contribution is -2.47. The molecule has 1 unspecified atom stereocenters. The van der Waals surface area contributed by atoms with E-state index in [1.807, 2.05) is 0 Å². The lowest BCUT2D eigenvalue weighted by molar-refractivity contribution is -0.120. The van der Waals surface area contributed by atoms with Crippen LogP contribution in [-0.2, 0) is 4.79 Å². The molecule has 122 valence electrons. The maximum absolute atomic E-state index is 11.7. The van der Waals surface area contributed by atoms with E-state index < -0.39 is 0 Å². The maximum Gasteiger partial charge on any atom is 0.315 e. The fourth-order valence-corrected chi connectivity index (χ4v) is 2.87. The molecule has 21 heavy (non-hydrogen) atoms. The molecule has 1 aliphatic heterocycles. The molecule has 3 amide bonds. The number of carbonyl (C=O) groups is 2. The normalized spacial score (nSPS) is 22.2. The number of hydrogen-bond acceptors (Lipinski definition) is 3. The molecular weight excluding hydrogens is 292 g/mol. The predicted octanol–water partition coefficient (Wildman–Crippen LogP) is 0.908. The Balaban J connectivity index is 0.00000220. The minimum absolute atomic E-state index is 0. The SMILES string of the molecule is Cl.O=C(CNC(=O)NC1CCCCC1)NCC1CCCN1. The summed E-state index contributed by atoms with van der Waals surface area (Å²) in [4.78, 5) is 23.3. The van der Waals surface area contributed by atoms with Crippen LogP contribution in [0.5, 0.6) is 0 Å². The monoisotopic (exact) mass is 318 g/mol. The van der Waals surface area contributed by atoms with Gasteiger partial charge in [0.05, 0.1) is 6.54 Å². The van der Waals surface area contributed by atoms with Gasteiger partial charge in [0.1, 0.15) is 0 Å². The number of carbonyl (C=O) groups excluding carboxylic acids is 2. The topological polar surface area (TPSA) is 82.3 Å². The predicted molar refractivity (Wildman–Crippen MR) is 84.7 cm³/mol. The van der Waals surface area contributed by atoms with Crippen molar-refractivity contribution in [2.45, 2.75) is 57.0 Å². The molecule has 4 N–H and O–H groups in total. The van der Waals surface area contributed by atoms with Gasteiger partial charge in [-0.25, -0.2) is 4.79 Å². The lowest BCUT2D eigenvalue weighted by atomic mass is 9.96. The van der Waals surface area contributed by atoms with Crippen LogP contribution in [0.25, 0.3) is 0 Å². The van der Waals surface area contributed by atoms with Crippen LogP contribution < -0.4 is 21.3 Å². The first-order chi connectivity index (χ1) is 9.74. The highest BCUT2D eigenvalue weighted by Gasteiger charge is 2.17. The number of hydrogen-bond donors (Lipinski definition) is 4. The van der Waals surface area contributed by atoms with Gasteiger partial charge in [0.15, 0.2) is 0 Å². The molecule has 2 rings (SSSR count). The van der Waals surface area contributed by atoms with E-state index in [9.17, 15) is 9.59 Å². The zero-order valence-corrected chi connectivity index (χ0v) is 13.3. The minimum Gasteiger partial charge on any atom is -0.353 e. The van der Waals surface area contributed by atoms with Crippen LogP contribution in [0.2, 0.25) is 0 Å². The van der Waals surface area contributed by atoms with Crippen molar-refractivity contribution in [2.24, 2.45) is 0 Å². The van der Waals surface area contributed by atoms with Crippen LogP contribution in [0.4, 0.5) is 4.79 Å². The lowest BCUT2D eigenvalue weighted by Gasteiger charge is -2.22. The Morgan fingerprint density at radius 2 is 1.76 bits per heavy atom. The molecule has 2 aliphatic rings. The Morgan fingerprint density at radius 3 is 2.43 bits per heavy atom. The number of halogens is 1. The van der Waals surface area contributed by atoms with Crippen molar-refractivity contribution in [3.8, 4) is 0 Å². The molecule has 2 fully saturated rings. The summed E-state index contributed by atoms with van der Waals surface area (Å²) in [5.41, 5.74) is 0. The van der Waals surface area contributed by atoms with Crippen LogP contribution in [0, 0.1) is 0 Å². The van der Waals surface area contributed by atoms with E-state index in [1.165, 1.54) is 25.7 Å². The Morgan fingerprint density at radius 1 is 1.00 bits per heavy atom. The Hall–Kier alpha value is -1.01. The zero-order chi connectivity index (χ0) is 14.2. The molecule has 0 spiro atoms. The summed E-state index contributed by atoms with van der Waals surface area (Å²) in [5, 5.41) is 11.7. The second-order valence-corrected chi connectivity index (χ2v) is 5.76. The van der Waals surface area contributed by atoms with E-state index in [-0.39, 0.29) is 36.9 Å². The highest BCUT2D eigenvalue weighted by Crippen LogP contribution is 2.16. The minimum atomic E-state index is -0.231. The Bertz CT molecular complexity index is 329. The molecule has 6 nitrogen and oxygen atoms in total. The molecule has 1 saturated carbocycles. The average molecular weight is 319 g/mol. The molecule has 1 atom stereocenters. The molecule has 0 aromatic carbocycles. The average Bonchev–Trinajstić information content (AvgIpc) is 2.97. The van der Waals surface area contributed by atoms with Crippen LogP contribution in [0.1, 0.15) is 44.9 Å². The second-order valence-electron chi connectivity index (χ2n) is 5.76. The summed E-state index contributed by atoms with van der Waals surface area (Å²) in [7, 11) is 0. The quantitative estimate of drug-likeness (QED) is 0.608. The van der Waals surface area contributed by atoms with Crippen molar-refractivity contribution in [3.63, 3.8) is 0 Å². The van der Waals surface area contributed by atoms with Crippen LogP contribution in [0.3, 0.4) is 0 Å². The van der Waals surface area contributed by atoms with E-state index in [0.29, 0.717) is 12.6 Å². The Kier molecular flexibility index (Phi) is 8.45. The summed E-state index contributed by atoms with van der Waals surface area (Å²) in [6.45, 7) is 1.72. The van der Waals surface area contributed by atoms with Crippen molar-refractivity contribution in [1.82, 2.24) is 21.3 Å². The first-order valence-corrected chi connectivity index (χ1v) is 7.78. The van der Waals surface area contributed by atoms with Gasteiger partial charge in [-0.15, -0.1) is 12.4 Å². The van der Waals surface area contributed by atoms with E-state index in [4.69, 9.17) is 0 Å². The summed E-state index contributed by atoms with van der Waals surface area (Å²) in [5.74, 6) is -0.127. The number of amides is 3. The zero-order valence-electron chi connectivity index (χ0n) is 12.5. The molecule has 7 heteroatoms. The summed E-state index contributed by atoms with van der Waals surface area (Å²) in [6, 6.07) is 0.426. The van der Waals surface area contributed by atoms with Gasteiger partial charge in [-0.1, -0.05) is 19.3 Å². The third kappa shape index (κ3) is 7.00. The van der Waals surface area contributed by atoms with Crippen LogP contribution in [-0.4, -0.2) is 43.7 Å². The Labute approximate surface area is 132 Å². The molecule has 0 aromatic heterocycles. The first-order valence-electron chi connectivity index (χ1n) is 7.78. The largest absolute Gasteiger partial charge is 0.353 e. The third-order valence-corrected chi connectivity index (χ3v) is 4.06. The van der Waals surface area contributed by atoms with E-state index >= 15 is 0 Å². The first kappa shape index (κ1) is 18.0.